The number of carbonyl (C=O) groups is 1. The van der Waals surface area contributed by atoms with Crippen LogP contribution in [0.5, 0.6) is 0 Å². The Balaban J connectivity index is 1.77. The van der Waals surface area contributed by atoms with Crippen molar-refractivity contribution in [2.75, 3.05) is 0 Å². The van der Waals surface area contributed by atoms with Crippen molar-refractivity contribution in [3.8, 4) is 22.5 Å². The van der Waals surface area contributed by atoms with E-state index in [1.165, 1.54) is 12.3 Å². The van der Waals surface area contributed by atoms with E-state index in [1.807, 2.05) is 42.5 Å². The second-order valence-electron chi connectivity index (χ2n) is 6.20. The molecule has 0 spiro atoms. The van der Waals surface area contributed by atoms with Gasteiger partial charge >= 0.3 is 5.97 Å². The lowest BCUT2D eigenvalue weighted by atomic mass is 9.99. The molecular formula is C20H12N4O3. The highest BCUT2D eigenvalue weighted by molar-refractivity contribution is 6.26. The van der Waals surface area contributed by atoms with Crippen LogP contribution in [0.4, 0.5) is 0 Å². The first-order chi connectivity index (χ1) is 13.2. The van der Waals surface area contributed by atoms with Crippen molar-refractivity contribution in [1.29, 1.82) is 0 Å². The third-order valence-electron chi connectivity index (χ3n) is 4.71. The quantitative estimate of drug-likeness (QED) is 0.331. The molecule has 2 heterocycles. The number of aromatic nitrogens is 3. The Kier molecular flexibility index (Phi) is 3.11. The third-order valence-corrected chi connectivity index (χ3v) is 4.71. The highest BCUT2D eigenvalue weighted by Gasteiger charge is 2.28. The van der Waals surface area contributed by atoms with Crippen LogP contribution in [0.2, 0.25) is 0 Å². The lowest BCUT2D eigenvalue weighted by Crippen LogP contribution is -1.98. The zero-order valence-corrected chi connectivity index (χ0v) is 13.8. The number of nitrogens with zero attached hydrogens (tertiary/aromatic N) is 3. The van der Waals surface area contributed by atoms with Crippen LogP contribution in [0.15, 0.2) is 59.9 Å². The normalized spacial score (nSPS) is 13.7. The number of hydrogen-bond acceptors (Lipinski definition) is 5. The van der Waals surface area contributed by atoms with Gasteiger partial charge in [-0.1, -0.05) is 47.6 Å². The summed E-state index contributed by atoms with van der Waals surface area (Å²) in [6, 6.07) is 14.9. The molecule has 4 aromatic rings. The lowest BCUT2D eigenvalue weighted by Gasteiger charge is -2.06. The molecular weight excluding hydrogens is 344 g/mol. The maximum Gasteiger partial charge on any atom is 0.354 e. The predicted octanol–water partition coefficient (Wildman–Crippen LogP) is 3.53. The van der Waals surface area contributed by atoms with Crippen molar-refractivity contribution in [3.05, 3.63) is 71.5 Å². The van der Waals surface area contributed by atoms with E-state index in [9.17, 15) is 10.0 Å². The highest BCUT2D eigenvalue weighted by Crippen LogP contribution is 2.42. The van der Waals surface area contributed by atoms with Gasteiger partial charge in [0.1, 0.15) is 22.7 Å². The maximum atomic E-state index is 11.1. The summed E-state index contributed by atoms with van der Waals surface area (Å²) < 4.78 is 0. The molecule has 0 fully saturated rings. The standard InChI is InChI=1S/C20H12N4O3/c25-20(26)15-8-14-16(9-21-15)23-19(22-14)13-7-3-6-12-17(13)10-4-1-2-5-11(10)18(12)24-27/h1-9,27H,(H,22,23)(H,25,26)/b24-18+. The summed E-state index contributed by atoms with van der Waals surface area (Å²) in [6.45, 7) is 0. The zero-order chi connectivity index (χ0) is 18.5. The summed E-state index contributed by atoms with van der Waals surface area (Å²) >= 11 is 0. The lowest BCUT2D eigenvalue weighted by molar-refractivity contribution is 0.0690. The molecule has 2 aromatic heterocycles. The molecule has 7 nitrogen and oxygen atoms in total. The second kappa shape index (κ2) is 5.50. The molecule has 3 N–H and O–H groups in total. The van der Waals surface area contributed by atoms with E-state index < -0.39 is 5.97 Å². The van der Waals surface area contributed by atoms with Crippen LogP contribution < -0.4 is 0 Å². The fourth-order valence-electron chi connectivity index (χ4n) is 3.56. The number of pyridine rings is 1. The van der Waals surface area contributed by atoms with E-state index in [0.29, 0.717) is 22.6 Å². The van der Waals surface area contributed by atoms with Gasteiger partial charge in [-0.2, -0.15) is 0 Å². The summed E-state index contributed by atoms with van der Waals surface area (Å²) in [4.78, 5) is 22.8. The Morgan fingerprint density at radius 3 is 2.52 bits per heavy atom. The number of imidazole rings is 1. The summed E-state index contributed by atoms with van der Waals surface area (Å²) in [6.07, 6.45) is 1.44. The molecule has 5 rings (SSSR count). The first-order valence-electron chi connectivity index (χ1n) is 8.22. The van der Waals surface area contributed by atoms with Crippen molar-refractivity contribution in [1.82, 2.24) is 15.0 Å². The van der Waals surface area contributed by atoms with Gasteiger partial charge in [0.15, 0.2) is 0 Å². The van der Waals surface area contributed by atoms with Gasteiger partial charge in [0.2, 0.25) is 0 Å². The molecule has 0 amide bonds. The van der Waals surface area contributed by atoms with E-state index in [0.717, 1.165) is 27.8 Å². The number of hydrogen-bond donors (Lipinski definition) is 3. The van der Waals surface area contributed by atoms with Gasteiger partial charge in [0, 0.05) is 22.3 Å². The number of H-pyrrole nitrogens is 1. The Hall–Kier alpha value is -4.00. The number of oxime groups is 1. The molecule has 0 saturated carbocycles. The van der Waals surface area contributed by atoms with E-state index in [4.69, 9.17) is 5.11 Å². The van der Waals surface area contributed by atoms with Gasteiger partial charge in [-0.25, -0.2) is 14.8 Å². The van der Waals surface area contributed by atoms with Gasteiger partial charge < -0.3 is 15.3 Å². The van der Waals surface area contributed by atoms with Crippen molar-refractivity contribution in [2.24, 2.45) is 5.16 Å². The van der Waals surface area contributed by atoms with Crippen LogP contribution in [0.3, 0.4) is 0 Å². The van der Waals surface area contributed by atoms with E-state index in [-0.39, 0.29) is 5.69 Å². The Morgan fingerprint density at radius 2 is 1.74 bits per heavy atom. The van der Waals surface area contributed by atoms with Crippen LogP contribution in [0, 0.1) is 0 Å². The van der Waals surface area contributed by atoms with E-state index in [1.54, 1.807) is 0 Å². The van der Waals surface area contributed by atoms with Crippen LogP contribution in [-0.2, 0) is 0 Å². The highest BCUT2D eigenvalue weighted by atomic mass is 16.4. The van der Waals surface area contributed by atoms with Gasteiger partial charge in [-0.15, -0.1) is 0 Å². The number of fused-ring (bicyclic) bond motifs is 4. The minimum absolute atomic E-state index is 0.0453. The van der Waals surface area contributed by atoms with Crippen LogP contribution >= 0.6 is 0 Å². The van der Waals surface area contributed by atoms with Gasteiger partial charge in [-0.3, -0.25) is 0 Å². The molecule has 130 valence electrons. The fraction of sp³-hybridized carbons (Fsp3) is 0. The fourth-order valence-corrected chi connectivity index (χ4v) is 3.56. The number of aromatic amines is 1. The zero-order valence-electron chi connectivity index (χ0n) is 13.8. The summed E-state index contributed by atoms with van der Waals surface area (Å²) in [5.41, 5.74) is 6.05. The molecule has 0 bridgehead atoms. The minimum atomic E-state index is -1.09. The van der Waals surface area contributed by atoms with Crippen molar-refractivity contribution in [2.45, 2.75) is 0 Å². The summed E-state index contributed by atoms with van der Waals surface area (Å²) in [5, 5.41) is 22.1. The molecule has 0 radical (unpaired) electrons. The van der Waals surface area contributed by atoms with Gasteiger partial charge in [-0.05, 0) is 11.6 Å². The smallest absolute Gasteiger partial charge is 0.354 e. The minimum Gasteiger partial charge on any atom is -0.477 e. The molecule has 0 saturated heterocycles. The average Bonchev–Trinajstić information content (AvgIpc) is 3.25. The number of benzene rings is 2. The van der Waals surface area contributed by atoms with E-state index in [2.05, 4.69) is 20.1 Å². The largest absolute Gasteiger partial charge is 0.477 e. The van der Waals surface area contributed by atoms with Gasteiger partial charge in [0.05, 0.1) is 11.7 Å². The molecule has 0 atom stereocenters. The summed E-state index contributed by atoms with van der Waals surface area (Å²) in [7, 11) is 0. The molecule has 1 aliphatic carbocycles. The Labute approximate surface area is 152 Å². The molecule has 2 aromatic carbocycles. The number of nitrogens with one attached hydrogen (secondary N) is 1. The van der Waals surface area contributed by atoms with Gasteiger partial charge in [0.25, 0.3) is 0 Å². The number of rotatable bonds is 2. The van der Waals surface area contributed by atoms with Crippen molar-refractivity contribution >= 4 is 22.7 Å². The molecule has 0 unspecified atom stereocenters. The number of carboxylic acids is 1. The second-order valence-corrected chi connectivity index (χ2v) is 6.20. The third kappa shape index (κ3) is 2.15. The first kappa shape index (κ1) is 15.3. The molecule has 7 heteroatoms. The number of aromatic carboxylic acids is 1. The SMILES string of the molecule is O=C(O)c1cc2[nH]c(-c3cccc4c3-c3ccccc3/C4=N\O)nc2cn1. The van der Waals surface area contributed by atoms with Crippen molar-refractivity contribution < 1.29 is 15.1 Å². The maximum absolute atomic E-state index is 11.1. The van der Waals surface area contributed by atoms with E-state index >= 15 is 0 Å². The Bertz CT molecular complexity index is 1270. The number of carboxylic acid groups (broad SMARTS) is 1. The summed E-state index contributed by atoms with van der Waals surface area (Å²) in [5.74, 6) is -0.494. The first-order valence-corrected chi connectivity index (χ1v) is 8.22. The monoisotopic (exact) mass is 356 g/mol. The van der Waals surface area contributed by atoms with Crippen LogP contribution in [-0.4, -0.2) is 36.9 Å². The topological polar surface area (TPSA) is 111 Å². The Morgan fingerprint density at radius 1 is 1.00 bits per heavy atom. The van der Waals surface area contributed by atoms with Crippen LogP contribution in [0.1, 0.15) is 21.6 Å². The molecule has 0 aliphatic heterocycles. The molecule has 1 aliphatic rings. The van der Waals surface area contributed by atoms with Crippen molar-refractivity contribution in [3.63, 3.8) is 0 Å². The van der Waals surface area contributed by atoms with Crippen LogP contribution in [0.25, 0.3) is 33.5 Å². The average molecular weight is 356 g/mol. The predicted molar refractivity (Wildman–Crippen MR) is 99.1 cm³/mol. The molecule has 27 heavy (non-hydrogen) atoms.